The summed E-state index contributed by atoms with van der Waals surface area (Å²) < 4.78 is 0. The third-order valence-corrected chi connectivity index (χ3v) is 3.30. The highest BCUT2D eigenvalue weighted by Crippen LogP contribution is 2.29. The molecular formula is C9H12N4O4S. The van der Waals surface area contributed by atoms with Gasteiger partial charge in [-0.3, -0.25) is 24.6 Å². The molecule has 0 radical (unpaired) electrons. The van der Waals surface area contributed by atoms with E-state index < -0.39 is 28.4 Å². The summed E-state index contributed by atoms with van der Waals surface area (Å²) >= 11 is 0.957. The highest BCUT2D eigenvalue weighted by molar-refractivity contribution is 8.14. The van der Waals surface area contributed by atoms with Crippen molar-refractivity contribution in [2.75, 3.05) is 5.75 Å². The Labute approximate surface area is 106 Å². The number of hydrogen-bond donors (Lipinski definition) is 4. The third kappa shape index (κ3) is 3.08. The van der Waals surface area contributed by atoms with E-state index in [1.54, 1.807) is 0 Å². The first-order valence-corrected chi connectivity index (χ1v) is 5.89. The molecule has 1 saturated heterocycles. The first-order valence-electron chi connectivity index (χ1n) is 4.90. The molecule has 0 aromatic carbocycles. The standard InChI is InChI=1S/C9H12N4O4S/c10-5(14)1-2-6(15)12-13-9(7(11)16)3-4-18-8(9)17/h1-2,13H,3-4H2,(H2,10,14)(H2,11,16)(H,12,15)/t9-/m1/s1. The van der Waals surface area contributed by atoms with Crippen molar-refractivity contribution in [1.29, 1.82) is 0 Å². The third-order valence-electron chi connectivity index (χ3n) is 2.28. The van der Waals surface area contributed by atoms with Gasteiger partial charge in [0.05, 0.1) is 0 Å². The normalized spacial score (nSPS) is 23.2. The summed E-state index contributed by atoms with van der Waals surface area (Å²) in [6.45, 7) is 0. The number of carbonyl (C=O) groups excluding carboxylic acids is 4. The molecule has 8 nitrogen and oxygen atoms in total. The zero-order valence-electron chi connectivity index (χ0n) is 9.26. The van der Waals surface area contributed by atoms with Gasteiger partial charge in [-0.05, 0) is 6.42 Å². The lowest BCUT2D eigenvalue weighted by molar-refractivity contribution is -0.132. The van der Waals surface area contributed by atoms with Crippen molar-refractivity contribution >= 4 is 34.6 Å². The fourth-order valence-electron chi connectivity index (χ4n) is 1.29. The van der Waals surface area contributed by atoms with E-state index >= 15 is 0 Å². The summed E-state index contributed by atoms with van der Waals surface area (Å²) in [6, 6.07) is 0. The Hall–Kier alpha value is -1.87. The Morgan fingerprint density at radius 3 is 2.39 bits per heavy atom. The largest absolute Gasteiger partial charge is 0.368 e. The highest BCUT2D eigenvalue weighted by Gasteiger charge is 2.48. The average molecular weight is 272 g/mol. The minimum absolute atomic E-state index is 0.186. The zero-order chi connectivity index (χ0) is 13.8. The molecular weight excluding hydrogens is 260 g/mol. The van der Waals surface area contributed by atoms with Crippen molar-refractivity contribution in [3.63, 3.8) is 0 Å². The molecule has 0 bridgehead atoms. The van der Waals surface area contributed by atoms with Crippen LogP contribution in [0.5, 0.6) is 0 Å². The zero-order valence-corrected chi connectivity index (χ0v) is 10.1. The molecule has 0 spiro atoms. The van der Waals surface area contributed by atoms with Gasteiger partial charge in [0.15, 0.2) is 5.54 Å². The van der Waals surface area contributed by atoms with Gasteiger partial charge in [-0.2, -0.15) is 0 Å². The maximum Gasteiger partial charge on any atom is 0.258 e. The second-order valence-corrected chi connectivity index (χ2v) is 4.57. The molecule has 98 valence electrons. The summed E-state index contributed by atoms with van der Waals surface area (Å²) in [6.07, 6.45) is 1.90. The maximum atomic E-state index is 11.6. The number of thioether (sulfide) groups is 1. The van der Waals surface area contributed by atoms with Crippen LogP contribution >= 0.6 is 11.8 Å². The van der Waals surface area contributed by atoms with Gasteiger partial charge < -0.3 is 11.5 Å². The van der Waals surface area contributed by atoms with Gasteiger partial charge in [-0.15, -0.1) is 0 Å². The second-order valence-electron chi connectivity index (χ2n) is 3.51. The summed E-state index contributed by atoms with van der Waals surface area (Å²) in [5.74, 6) is -1.94. The Kier molecular flexibility index (Phi) is 4.45. The van der Waals surface area contributed by atoms with Gasteiger partial charge in [0.25, 0.3) is 5.91 Å². The van der Waals surface area contributed by atoms with Gasteiger partial charge in [-0.1, -0.05) is 11.8 Å². The van der Waals surface area contributed by atoms with Crippen molar-refractivity contribution < 1.29 is 19.2 Å². The van der Waals surface area contributed by atoms with E-state index in [9.17, 15) is 19.2 Å². The summed E-state index contributed by atoms with van der Waals surface area (Å²) in [5.41, 5.74) is 12.8. The Morgan fingerprint density at radius 1 is 1.28 bits per heavy atom. The van der Waals surface area contributed by atoms with Crippen LogP contribution in [0.1, 0.15) is 6.42 Å². The summed E-state index contributed by atoms with van der Waals surface area (Å²) in [5, 5.41) is -0.450. The summed E-state index contributed by atoms with van der Waals surface area (Å²) in [4.78, 5) is 44.5. The predicted octanol–water partition coefficient (Wildman–Crippen LogP) is -2.46. The number of hydrazine groups is 1. The molecule has 9 heteroatoms. The molecule has 1 aliphatic heterocycles. The molecule has 1 heterocycles. The minimum atomic E-state index is -1.60. The lowest BCUT2D eigenvalue weighted by Gasteiger charge is -2.23. The highest BCUT2D eigenvalue weighted by atomic mass is 32.2. The van der Waals surface area contributed by atoms with Gasteiger partial charge in [0.2, 0.25) is 16.9 Å². The van der Waals surface area contributed by atoms with E-state index in [4.69, 9.17) is 11.5 Å². The van der Waals surface area contributed by atoms with Crippen molar-refractivity contribution in [2.24, 2.45) is 11.5 Å². The number of hydrogen-bond acceptors (Lipinski definition) is 6. The smallest absolute Gasteiger partial charge is 0.258 e. The molecule has 3 amide bonds. The van der Waals surface area contributed by atoms with E-state index in [-0.39, 0.29) is 6.42 Å². The number of primary amides is 2. The predicted molar refractivity (Wildman–Crippen MR) is 63.6 cm³/mol. The summed E-state index contributed by atoms with van der Waals surface area (Å²) in [7, 11) is 0. The Morgan fingerprint density at radius 2 is 1.94 bits per heavy atom. The van der Waals surface area contributed by atoms with Crippen LogP contribution in [0.15, 0.2) is 12.2 Å². The first-order chi connectivity index (χ1) is 8.38. The van der Waals surface area contributed by atoms with Gasteiger partial charge in [0.1, 0.15) is 0 Å². The van der Waals surface area contributed by atoms with Crippen LogP contribution in [0.25, 0.3) is 0 Å². The number of carbonyl (C=O) groups is 4. The topological polar surface area (TPSA) is 144 Å². The van der Waals surface area contributed by atoms with E-state index in [0.717, 1.165) is 23.9 Å². The Bertz CT molecular complexity index is 436. The molecule has 0 aromatic heterocycles. The van der Waals surface area contributed by atoms with E-state index in [2.05, 4.69) is 10.9 Å². The molecule has 0 unspecified atom stereocenters. The molecule has 0 aliphatic carbocycles. The quantitative estimate of drug-likeness (QED) is 0.248. The number of nitrogens with two attached hydrogens (primary N) is 2. The Balaban J connectivity index is 2.65. The average Bonchev–Trinajstić information content (AvgIpc) is 2.66. The van der Waals surface area contributed by atoms with Crippen molar-refractivity contribution in [3.05, 3.63) is 12.2 Å². The fourth-order valence-corrected chi connectivity index (χ4v) is 2.38. The monoisotopic (exact) mass is 272 g/mol. The van der Waals surface area contributed by atoms with E-state index in [1.165, 1.54) is 0 Å². The van der Waals surface area contributed by atoms with Crippen molar-refractivity contribution in [3.8, 4) is 0 Å². The second kappa shape index (κ2) is 5.65. The minimum Gasteiger partial charge on any atom is -0.368 e. The molecule has 1 atom stereocenters. The SMILES string of the molecule is NC(=O)C=CC(=O)NN[C@@]1(C(N)=O)CCSC1=O. The van der Waals surface area contributed by atoms with Crippen molar-refractivity contribution in [1.82, 2.24) is 10.9 Å². The van der Waals surface area contributed by atoms with Crippen LogP contribution < -0.4 is 22.3 Å². The molecule has 1 rings (SSSR count). The molecule has 18 heavy (non-hydrogen) atoms. The van der Waals surface area contributed by atoms with E-state index in [0.29, 0.717) is 5.75 Å². The van der Waals surface area contributed by atoms with E-state index in [1.807, 2.05) is 0 Å². The fraction of sp³-hybridized carbons (Fsp3) is 0.333. The van der Waals surface area contributed by atoms with Crippen LogP contribution in [0.4, 0.5) is 0 Å². The number of rotatable bonds is 5. The molecule has 6 N–H and O–H groups in total. The molecule has 0 saturated carbocycles. The van der Waals surface area contributed by atoms with Crippen molar-refractivity contribution in [2.45, 2.75) is 12.0 Å². The van der Waals surface area contributed by atoms with Gasteiger partial charge in [-0.25, -0.2) is 5.43 Å². The van der Waals surface area contributed by atoms with Crippen LogP contribution in [0.2, 0.25) is 0 Å². The first kappa shape index (κ1) is 14.2. The lowest BCUT2D eigenvalue weighted by Crippen LogP contribution is -2.63. The van der Waals surface area contributed by atoms with Gasteiger partial charge in [0, 0.05) is 17.9 Å². The van der Waals surface area contributed by atoms with Crippen LogP contribution in [0, 0.1) is 0 Å². The molecule has 1 aliphatic rings. The molecule has 0 aromatic rings. The van der Waals surface area contributed by atoms with Crippen LogP contribution in [-0.4, -0.2) is 34.1 Å². The van der Waals surface area contributed by atoms with Gasteiger partial charge >= 0.3 is 0 Å². The maximum absolute atomic E-state index is 11.6. The number of nitrogens with one attached hydrogen (secondary N) is 2. The van der Waals surface area contributed by atoms with Crippen LogP contribution in [0.3, 0.4) is 0 Å². The molecule has 1 fully saturated rings. The lowest BCUT2D eigenvalue weighted by atomic mass is 9.99. The number of amides is 3. The van der Waals surface area contributed by atoms with Crippen LogP contribution in [-0.2, 0) is 19.2 Å².